The van der Waals surface area contributed by atoms with E-state index in [1.807, 2.05) is 42.1 Å². The van der Waals surface area contributed by atoms with Crippen LogP contribution in [0.25, 0.3) is 10.8 Å². The molecule has 0 aliphatic carbocycles. The molecule has 0 saturated heterocycles. The Balaban J connectivity index is 1.63. The van der Waals surface area contributed by atoms with Crippen LogP contribution in [0.4, 0.5) is 0 Å². The van der Waals surface area contributed by atoms with Crippen LogP contribution in [0.1, 0.15) is 17.4 Å². The lowest BCUT2D eigenvalue weighted by Crippen LogP contribution is -2.22. The molecular weight excluding hydrogens is 262 g/mol. The average molecular weight is 281 g/mol. The predicted molar refractivity (Wildman–Crippen MR) is 83.8 cm³/mol. The van der Waals surface area contributed by atoms with E-state index in [-0.39, 0.29) is 0 Å². The predicted octanol–water partition coefficient (Wildman–Crippen LogP) is 2.40. The minimum absolute atomic E-state index is 0.511. The van der Waals surface area contributed by atoms with Crippen molar-refractivity contribution in [2.45, 2.75) is 12.6 Å². The third-order valence-corrected chi connectivity index (χ3v) is 3.72. The smallest absolute Gasteiger partial charge is 0.0914 e. The number of aromatic nitrogens is 2. The molecule has 0 fully saturated rings. The molecular formula is C17H19N3O. The van der Waals surface area contributed by atoms with Gasteiger partial charge in [0.15, 0.2) is 0 Å². The van der Waals surface area contributed by atoms with E-state index in [1.54, 1.807) is 6.20 Å². The Hall–Kier alpha value is -2.17. The molecule has 0 saturated carbocycles. The molecule has 0 aliphatic rings. The van der Waals surface area contributed by atoms with Crippen LogP contribution in [0.15, 0.2) is 54.7 Å². The SMILES string of the molecule is Cn1nccc1CNCC(O)c1ccc2ccccc2c1. The van der Waals surface area contributed by atoms with Crippen LogP contribution >= 0.6 is 0 Å². The molecule has 108 valence electrons. The molecule has 0 aliphatic heterocycles. The number of aliphatic hydroxyl groups excluding tert-OH is 1. The molecule has 4 heteroatoms. The average Bonchev–Trinajstić information content (AvgIpc) is 2.92. The highest BCUT2D eigenvalue weighted by Gasteiger charge is 2.08. The maximum atomic E-state index is 10.3. The van der Waals surface area contributed by atoms with Gasteiger partial charge in [0.25, 0.3) is 0 Å². The van der Waals surface area contributed by atoms with Gasteiger partial charge < -0.3 is 10.4 Å². The van der Waals surface area contributed by atoms with E-state index in [4.69, 9.17) is 0 Å². The lowest BCUT2D eigenvalue weighted by atomic mass is 10.0. The molecule has 0 radical (unpaired) electrons. The molecule has 0 spiro atoms. The molecule has 0 amide bonds. The van der Waals surface area contributed by atoms with Crippen molar-refractivity contribution in [2.24, 2.45) is 7.05 Å². The van der Waals surface area contributed by atoms with E-state index in [2.05, 4.69) is 28.6 Å². The minimum Gasteiger partial charge on any atom is -0.387 e. The summed E-state index contributed by atoms with van der Waals surface area (Å²) in [7, 11) is 1.91. The second-order valence-corrected chi connectivity index (χ2v) is 5.20. The first-order chi connectivity index (χ1) is 10.2. The highest BCUT2D eigenvalue weighted by atomic mass is 16.3. The van der Waals surface area contributed by atoms with Gasteiger partial charge in [-0.15, -0.1) is 0 Å². The largest absolute Gasteiger partial charge is 0.387 e. The van der Waals surface area contributed by atoms with Crippen LogP contribution in [-0.2, 0) is 13.6 Å². The second kappa shape index (κ2) is 6.08. The van der Waals surface area contributed by atoms with Gasteiger partial charge in [-0.2, -0.15) is 5.10 Å². The third kappa shape index (κ3) is 3.12. The molecule has 2 N–H and O–H groups in total. The highest BCUT2D eigenvalue weighted by Crippen LogP contribution is 2.20. The molecule has 2 aromatic carbocycles. The summed E-state index contributed by atoms with van der Waals surface area (Å²) >= 11 is 0. The summed E-state index contributed by atoms with van der Waals surface area (Å²) in [6, 6.07) is 16.2. The first kappa shape index (κ1) is 13.8. The normalized spacial score (nSPS) is 12.7. The summed E-state index contributed by atoms with van der Waals surface area (Å²) in [4.78, 5) is 0. The van der Waals surface area contributed by atoms with Gasteiger partial charge in [-0.3, -0.25) is 4.68 Å². The number of hydrogen-bond acceptors (Lipinski definition) is 3. The van der Waals surface area contributed by atoms with Crippen molar-refractivity contribution in [3.63, 3.8) is 0 Å². The van der Waals surface area contributed by atoms with E-state index in [1.165, 1.54) is 5.39 Å². The van der Waals surface area contributed by atoms with Crippen molar-refractivity contribution in [2.75, 3.05) is 6.54 Å². The summed E-state index contributed by atoms with van der Waals surface area (Å²) in [5, 5.41) is 20.0. The van der Waals surface area contributed by atoms with Gasteiger partial charge in [-0.25, -0.2) is 0 Å². The van der Waals surface area contributed by atoms with Crippen LogP contribution in [0, 0.1) is 0 Å². The van der Waals surface area contributed by atoms with E-state index in [9.17, 15) is 5.11 Å². The Morgan fingerprint density at radius 3 is 2.71 bits per heavy atom. The number of nitrogens with zero attached hydrogens (tertiary/aromatic N) is 2. The van der Waals surface area contributed by atoms with Gasteiger partial charge in [0.05, 0.1) is 11.8 Å². The highest BCUT2D eigenvalue weighted by molar-refractivity contribution is 5.83. The molecule has 1 aromatic heterocycles. The number of hydrogen-bond donors (Lipinski definition) is 2. The minimum atomic E-state index is -0.511. The molecule has 4 nitrogen and oxygen atoms in total. The van der Waals surface area contributed by atoms with E-state index >= 15 is 0 Å². The van der Waals surface area contributed by atoms with Crippen molar-refractivity contribution >= 4 is 10.8 Å². The maximum Gasteiger partial charge on any atom is 0.0914 e. The van der Waals surface area contributed by atoms with Crippen molar-refractivity contribution in [3.05, 3.63) is 66.0 Å². The Kier molecular flexibility index (Phi) is 3.99. The monoisotopic (exact) mass is 281 g/mol. The molecule has 3 aromatic rings. The Bertz CT molecular complexity index is 735. The Morgan fingerprint density at radius 2 is 1.95 bits per heavy atom. The summed E-state index contributed by atoms with van der Waals surface area (Å²) in [5.74, 6) is 0. The van der Waals surface area contributed by atoms with Crippen molar-refractivity contribution in [1.29, 1.82) is 0 Å². The fourth-order valence-electron chi connectivity index (χ4n) is 2.44. The number of fused-ring (bicyclic) bond motifs is 1. The molecule has 1 unspecified atom stereocenters. The number of aliphatic hydroxyl groups is 1. The lowest BCUT2D eigenvalue weighted by molar-refractivity contribution is 0.174. The van der Waals surface area contributed by atoms with Crippen molar-refractivity contribution < 1.29 is 5.11 Å². The number of aryl methyl sites for hydroxylation is 1. The van der Waals surface area contributed by atoms with Gasteiger partial charge in [0.2, 0.25) is 0 Å². The zero-order chi connectivity index (χ0) is 14.7. The summed E-state index contributed by atoms with van der Waals surface area (Å²) in [5.41, 5.74) is 2.03. The summed E-state index contributed by atoms with van der Waals surface area (Å²) in [6.07, 6.45) is 1.26. The van der Waals surface area contributed by atoms with E-state index in [0.717, 1.165) is 16.6 Å². The van der Waals surface area contributed by atoms with Crippen LogP contribution in [-0.4, -0.2) is 21.4 Å². The van der Waals surface area contributed by atoms with Gasteiger partial charge in [-0.05, 0) is 28.5 Å². The maximum absolute atomic E-state index is 10.3. The number of rotatable bonds is 5. The first-order valence-corrected chi connectivity index (χ1v) is 7.08. The Morgan fingerprint density at radius 1 is 1.14 bits per heavy atom. The fourth-order valence-corrected chi connectivity index (χ4v) is 2.44. The number of nitrogens with one attached hydrogen (secondary N) is 1. The van der Waals surface area contributed by atoms with Crippen LogP contribution in [0.5, 0.6) is 0 Å². The van der Waals surface area contributed by atoms with Gasteiger partial charge in [0, 0.05) is 26.3 Å². The fraction of sp³-hybridized carbons (Fsp3) is 0.235. The second-order valence-electron chi connectivity index (χ2n) is 5.20. The van der Waals surface area contributed by atoms with Crippen LogP contribution in [0.2, 0.25) is 0 Å². The first-order valence-electron chi connectivity index (χ1n) is 7.08. The van der Waals surface area contributed by atoms with Crippen molar-refractivity contribution in [3.8, 4) is 0 Å². The summed E-state index contributed by atoms with van der Waals surface area (Å²) < 4.78 is 1.83. The molecule has 3 rings (SSSR count). The Labute approximate surface area is 124 Å². The molecule has 1 heterocycles. The third-order valence-electron chi connectivity index (χ3n) is 3.72. The van der Waals surface area contributed by atoms with Crippen LogP contribution < -0.4 is 5.32 Å². The van der Waals surface area contributed by atoms with Crippen LogP contribution in [0.3, 0.4) is 0 Å². The zero-order valence-electron chi connectivity index (χ0n) is 12.0. The van der Waals surface area contributed by atoms with E-state index < -0.39 is 6.10 Å². The standard InChI is InChI=1S/C17H19N3O/c1-20-16(8-9-19-20)11-18-12-17(21)15-7-6-13-4-2-3-5-14(13)10-15/h2-10,17-18,21H,11-12H2,1H3. The quantitative estimate of drug-likeness (QED) is 0.755. The number of benzene rings is 2. The van der Waals surface area contributed by atoms with Gasteiger partial charge in [-0.1, -0.05) is 36.4 Å². The molecule has 21 heavy (non-hydrogen) atoms. The zero-order valence-corrected chi connectivity index (χ0v) is 12.0. The topological polar surface area (TPSA) is 50.1 Å². The molecule has 0 bridgehead atoms. The summed E-state index contributed by atoms with van der Waals surface area (Å²) in [6.45, 7) is 1.21. The van der Waals surface area contributed by atoms with E-state index in [0.29, 0.717) is 13.1 Å². The lowest BCUT2D eigenvalue weighted by Gasteiger charge is -2.13. The molecule has 1 atom stereocenters. The van der Waals surface area contributed by atoms with Gasteiger partial charge >= 0.3 is 0 Å². The van der Waals surface area contributed by atoms with Gasteiger partial charge in [0.1, 0.15) is 0 Å². The van der Waals surface area contributed by atoms with Crippen molar-refractivity contribution in [1.82, 2.24) is 15.1 Å².